The quantitative estimate of drug-likeness (QED) is 0.476. The number of carbonyl (C=O) groups is 2. The van der Waals surface area contributed by atoms with Crippen LogP contribution < -0.4 is 14.4 Å². The SMILES string of the molecule is CC[C@@H](C(=O)NCC(C)C)N(Cc1ccc(F)cc1)C(=O)CN(c1ccc(OC)cc1)S(C)(=O)=O. The second-order valence-corrected chi connectivity index (χ2v) is 10.6. The van der Waals surface area contributed by atoms with Crippen molar-refractivity contribution in [3.8, 4) is 5.75 Å². The monoisotopic (exact) mass is 507 g/mol. The average molecular weight is 508 g/mol. The van der Waals surface area contributed by atoms with Crippen LogP contribution in [0.2, 0.25) is 0 Å². The Kier molecular flexibility index (Phi) is 10.1. The third kappa shape index (κ3) is 8.24. The molecular formula is C25H34FN3O5S. The van der Waals surface area contributed by atoms with Gasteiger partial charge in [0, 0.05) is 13.1 Å². The molecule has 2 aromatic carbocycles. The summed E-state index contributed by atoms with van der Waals surface area (Å²) in [6.45, 7) is 5.66. The summed E-state index contributed by atoms with van der Waals surface area (Å²) < 4.78 is 44.7. The largest absolute Gasteiger partial charge is 0.497 e. The lowest BCUT2D eigenvalue weighted by Gasteiger charge is -2.33. The minimum absolute atomic E-state index is 0.0208. The summed E-state index contributed by atoms with van der Waals surface area (Å²) in [5.41, 5.74) is 0.908. The van der Waals surface area contributed by atoms with Crippen molar-refractivity contribution in [2.24, 2.45) is 5.92 Å². The minimum atomic E-state index is -3.82. The van der Waals surface area contributed by atoms with Crippen LogP contribution in [0.15, 0.2) is 48.5 Å². The van der Waals surface area contributed by atoms with Crippen LogP contribution in [0.4, 0.5) is 10.1 Å². The fourth-order valence-electron chi connectivity index (χ4n) is 3.49. The Hall–Kier alpha value is -3.14. The van der Waals surface area contributed by atoms with E-state index in [4.69, 9.17) is 4.74 Å². The number of sulfonamides is 1. The zero-order chi connectivity index (χ0) is 26.2. The zero-order valence-electron chi connectivity index (χ0n) is 20.8. The van der Waals surface area contributed by atoms with Gasteiger partial charge in [-0.1, -0.05) is 32.9 Å². The molecule has 192 valence electrons. The standard InChI is InChI=1S/C25H34FN3O5S/c1-6-23(25(31)27-15-18(2)3)28(16-19-7-9-20(26)10-8-19)24(30)17-29(35(5,32)33)21-11-13-22(34-4)14-12-21/h7-14,18,23H,6,15-17H2,1-5H3,(H,27,31)/t23-/m0/s1. The van der Waals surface area contributed by atoms with Crippen molar-refractivity contribution in [3.05, 3.63) is 59.9 Å². The van der Waals surface area contributed by atoms with Crippen molar-refractivity contribution in [2.45, 2.75) is 39.8 Å². The number of hydrogen-bond acceptors (Lipinski definition) is 5. The van der Waals surface area contributed by atoms with Crippen LogP contribution in [0.3, 0.4) is 0 Å². The van der Waals surface area contributed by atoms with E-state index in [0.29, 0.717) is 30.0 Å². The van der Waals surface area contributed by atoms with E-state index in [1.54, 1.807) is 31.2 Å². The fraction of sp³-hybridized carbons (Fsp3) is 0.440. The van der Waals surface area contributed by atoms with E-state index in [0.717, 1.165) is 10.6 Å². The van der Waals surface area contributed by atoms with Crippen molar-refractivity contribution < 1.29 is 27.1 Å². The summed E-state index contributed by atoms with van der Waals surface area (Å²) in [6.07, 6.45) is 1.33. The molecular weight excluding hydrogens is 473 g/mol. The highest BCUT2D eigenvalue weighted by atomic mass is 32.2. The summed E-state index contributed by atoms with van der Waals surface area (Å²) in [6, 6.07) is 11.1. The number of amides is 2. The maximum atomic E-state index is 13.6. The Morgan fingerprint density at radius 2 is 1.66 bits per heavy atom. The van der Waals surface area contributed by atoms with Crippen LogP contribution in [-0.2, 0) is 26.2 Å². The van der Waals surface area contributed by atoms with E-state index in [1.165, 1.54) is 36.3 Å². The van der Waals surface area contributed by atoms with Gasteiger partial charge in [0.2, 0.25) is 21.8 Å². The normalized spacial score (nSPS) is 12.2. The van der Waals surface area contributed by atoms with Crippen LogP contribution in [0, 0.1) is 11.7 Å². The number of rotatable bonds is 12. The highest BCUT2D eigenvalue weighted by Gasteiger charge is 2.31. The molecule has 8 nitrogen and oxygen atoms in total. The lowest BCUT2D eigenvalue weighted by atomic mass is 10.1. The number of nitrogens with one attached hydrogen (secondary N) is 1. The zero-order valence-corrected chi connectivity index (χ0v) is 21.6. The number of halogens is 1. The summed E-state index contributed by atoms with van der Waals surface area (Å²) in [7, 11) is -2.33. The van der Waals surface area contributed by atoms with Crippen molar-refractivity contribution >= 4 is 27.5 Å². The number of hydrogen-bond donors (Lipinski definition) is 1. The van der Waals surface area contributed by atoms with Gasteiger partial charge in [0.25, 0.3) is 0 Å². The van der Waals surface area contributed by atoms with Gasteiger partial charge in [-0.25, -0.2) is 12.8 Å². The molecule has 0 radical (unpaired) electrons. The van der Waals surface area contributed by atoms with E-state index >= 15 is 0 Å². The van der Waals surface area contributed by atoms with Crippen molar-refractivity contribution in [2.75, 3.05) is 30.8 Å². The Morgan fingerprint density at radius 3 is 2.14 bits per heavy atom. The summed E-state index contributed by atoms with van der Waals surface area (Å²) in [5.74, 6) is -0.543. The van der Waals surface area contributed by atoms with Gasteiger partial charge in [0.05, 0.1) is 19.1 Å². The molecule has 0 fully saturated rings. The Labute approximate surface area is 207 Å². The molecule has 0 heterocycles. The maximum Gasteiger partial charge on any atom is 0.244 e. The van der Waals surface area contributed by atoms with Gasteiger partial charge in [-0.15, -0.1) is 0 Å². The van der Waals surface area contributed by atoms with E-state index in [9.17, 15) is 22.4 Å². The molecule has 0 aliphatic carbocycles. The molecule has 2 amide bonds. The second-order valence-electron chi connectivity index (χ2n) is 8.68. The number of benzene rings is 2. The molecule has 0 saturated heterocycles. The molecule has 2 aromatic rings. The molecule has 0 unspecified atom stereocenters. The van der Waals surface area contributed by atoms with Gasteiger partial charge in [-0.3, -0.25) is 13.9 Å². The van der Waals surface area contributed by atoms with Gasteiger partial charge in [-0.2, -0.15) is 0 Å². The second kappa shape index (κ2) is 12.5. The molecule has 1 N–H and O–H groups in total. The minimum Gasteiger partial charge on any atom is -0.497 e. The van der Waals surface area contributed by atoms with Gasteiger partial charge < -0.3 is 15.0 Å². The van der Waals surface area contributed by atoms with Gasteiger partial charge in [0.1, 0.15) is 24.2 Å². The summed E-state index contributed by atoms with van der Waals surface area (Å²) in [5, 5.41) is 2.85. The van der Waals surface area contributed by atoms with Crippen LogP contribution in [0.5, 0.6) is 5.75 Å². The lowest BCUT2D eigenvalue weighted by molar-refractivity contribution is -0.140. The third-order valence-corrected chi connectivity index (χ3v) is 6.52. The molecule has 2 rings (SSSR count). The molecule has 0 spiro atoms. The van der Waals surface area contributed by atoms with E-state index in [2.05, 4.69) is 5.32 Å². The van der Waals surface area contributed by atoms with Gasteiger partial charge in [0.15, 0.2) is 0 Å². The first-order chi connectivity index (χ1) is 16.5. The molecule has 10 heteroatoms. The smallest absolute Gasteiger partial charge is 0.244 e. The Morgan fingerprint density at radius 1 is 1.06 bits per heavy atom. The topological polar surface area (TPSA) is 96.0 Å². The van der Waals surface area contributed by atoms with Crippen molar-refractivity contribution in [3.63, 3.8) is 0 Å². The molecule has 1 atom stereocenters. The maximum absolute atomic E-state index is 13.6. The summed E-state index contributed by atoms with van der Waals surface area (Å²) in [4.78, 5) is 27.9. The molecule has 0 bridgehead atoms. The van der Waals surface area contributed by atoms with E-state index in [-0.39, 0.29) is 18.4 Å². The highest BCUT2D eigenvalue weighted by Crippen LogP contribution is 2.22. The number of anilines is 1. The predicted molar refractivity (Wildman–Crippen MR) is 134 cm³/mol. The molecule has 0 aromatic heterocycles. The molecule has 0 saturated carbocycles. The van der Waals surface area contributed by atoms with E-state index in [1.807, 2.05) is 13.8 Å². The van der Waals surface area contributed by atoms with Crippen LogP contribution in [0.25, 0.3) is 0 Å². The number of carbonyl (C=O) groups excluding carboxylic acids is 2. The van der Waals surface area contributed by atoms with Crippen molar-refractivity contribution in [1.29, 1.82) is 0 Å². The molecule has 0 aliphatic heterocycles. The first-order valence-electron chi connectivity index (χ1n) is 11.4. The Balaban J connectivity index is 2.40. The lowest BCUT2D eigenvalue weighted by Crippen LogP contribution is -2.52. The number of ether oxygens (including phenoxy) is 1. The van der Waals surface area contributed by atoms with Crippen molar-refractivity contribution in [1.82, 2.24) is 10.2 Å². The first kappa shape index (κ1) is 28.1. The predicted octanol–water partition coefficient (Wildman–Crippen LogP) is 3.18. The number of methoxy groups -OCH3 is 1. The Bertz CT molecular complexity index is 1090. The average Bonchev–Trinajstić information content (AvgIpc) is 2.81. The van der Waals surface area contributed by atoms with E-state index < -0.39 is 34.3 Å². The fourth-order valence-corrected chi connectivity index (χ4v) is 4.34. The molecule has 35 heavy (non-hydrogen) atoms. The van der Waals surface area contributed by atoms with Crippen LogP contribution >= 0.6 is 0 Å². The van der Waals surface area contributed by atoms with Crippen LogP contribution in [-0.4, -0.2) is 57.6 Å². The third-order valence-electron chi connectivity index (χ3n) is 5.38. The number of nitrogens with zero attached hydrogens (tertiary/aromatic N) is 2. The molecule has 0 aliphatic rings. The van der Waals surface area contributed by atoms with Gasteiger partial charge in [-0.05, 0) is 54.3 Å². The highest BCUT2D eigenvalue weighted by molar-refractivity contribution is 7.92. The summed E-state index contributed by atoms with van der Waals surface area (Å²) >= 11 is 0. The first-order valence-corrected chi connectivity index (χ1v) is 13.2. The van der Waals surface area contributed by atoms with Crippen LogP contribution in [0.1, 0.15) is 32.8 Å². The van der Waals surface area contributed by atoms with Gasteiger partial charge >= 0.3 is 0 Å².